The van der Waals surface area contributed by atoms with Crippen molar-refractivity contribution in [3.8, 4) is 6.07 Å². The number of fused-ring (bicyclic) bond motifs is 1. The number of carbonyl (C=O) groups is 1. The Kier molecular flexibility index (Phi) is 5.63. The molecule has 1 fully saturated rings. The number of amides is 1. The molecular formula is C24H20N4O3. The molecule has 0 aliphatic carbocycles. The summed E-state index contributed by atoms with van der Waals surface area (Å²) >= 11 is 0. The first-order valence-electron chi connectivity index (χ1n) is 10.0. The third-order valence-electron chi connectivity index (χ3n) is 5.34. The van der Waals surface area contributed by atoms with Crippen LogP contribution in [0.1, 0.15) is 18.4 Å². The molecule has 0 spiro atoms. The fourth-order valence-corrected chi connectivity index (χ4v) is 3.79. The van der Waals surface area contributed by atoms with Crippen LogP contribution in [0.15, 0.2) is 66.2 Å². The van der Waals surface area contributed by atoms with E-state index < -0.39 is 10.8 Å². The minimum Gasteiger partial charge on any atom is -0.371 e. The lowest BCUT2D eigenvalue weighted by molar-refractivity contribution is -0.384. The molecule has 0 saturated carbocycles. The van der Waals surface area contributed by atoms with E-state index in [0.29, 0.717) is 11.3 Å². The molecule has 1 aliphatic heterocycles. The molecule has 1 N–H and O–H groups in total. The Morgan fingerprint density at radius 2 is 1.81 bits per heavy atom. The third kappa shape index (κ3) is 4.38. The highest BCUT2D eigenvalue weighted by molar-refractivity contribution is 6.10. The Hall–Kier alpha value is -4.18. The minimum atomic E-state index is -0.559. The van der Waals surface area contributed by atoms with Crippen LogP contribution in [0.3, 0.4) is 0 Å². The lowest BCUT2D eigenvalue weighted by atomic mass is 10.1. The predicted molar refractivity (Wildman–Crippen MR) is 121 cm³/mol. The monoisotopic (exact) mass is 412 g/mol. The van der Waals surface area contributed by atoms with Crippen molar-refractivity contribution < 1.29 is 9.72 Å². The molecule has 3 aromatic rings. The van der Waals surface area contributed by atoms with Crippen molar-refractivity contribution in [2.75, 3.05) is 23.3 Å². The van der Waals surface area contributed by atoms with E-state index in [9.17, 15) is 20.2 Å². The average Bonchev–Trinajstić information content (AvgIpc) is 3.31. The lowest BCUT2D eigenvalue weighted by Gasteiger charge is -2.20. The van der Waals surface area contributed by atoms with Crippen LogP contribution in [0.2, 0.25) is 0 Å². The van der Waals surface area contributed by atoms with Crippen LogP contribution in [0.4, 0.5) is 17.1 Å². The van der Waals surface area contributed by atoms with Gasteiger partial charge in [-0.25, -0.2) is 0 Å². The zero-order valence-corrected chi connectivity index (χ0v) is 16.7. The van der Waals surface area contributed by atoms with E-state index in [2.05, 4.69) is 10.2 Å². The van der Waals surface area contributed by atoms with Gasteiger partial charge in [0.05, 0.1) is 4.92 Å². The van der Waals surface area contributed by atoms with Gasteiger partial charge in [0, 0.05) is 42.2 Å². The van der Waals surface area contributed by atoms with Crippen LogP contribution < -0.4 is 10.2 Å². The van der Waals surface area contributed by atoms with Gasteiger partial charge in [0.1, 0.15) is 11.6 Å². The molecule has 0 unspecified atom stereocenters. The molecule has 7 nitrogen and oxygen atoms in total. The highest BCUT2D eigenvalue weighted by Crippen LogP contribution is 2.30. The first kappa shape index (κ1) is 20.1. The van der Waals surface area contributed by atoms with Crippen molar-refractivity contribution in [1.82, 2.24) is 0 Å². The molecular weight excluding hydrogens is 392 g/mol. The van der Waals surface area contributed by atoms with Gasteiger partial charge >= 0.3 is 0 Å². The Balaban J connectivity index is 1.66. The van der Waals surface area contributed by atoms with E-state index in [4.69, 9.17) is 0 Å². The molecule has 0 bridgehead atoms. The van der Waals surface area contributed by atoms with Gasteiger partial charge in [0.2, 0.25) is 0 Å². The van der Waals surface area contributed by atoms with Gasteiger partial charge in [-0.2, -0.15) is 5.26 Å². The SMILES string of the molecule is N#C/C(=C\c1cc([N+](=O)[O-])ccc1N1CCCC1)C(=O)Nc1ccc2ccccc2c1. The molecule has 0 aromatic heterocycles. The van der Waals surface area contributed by atoms with E-state index in [0.717, 1.165) is 42.4 Å². The van der Waals surface area contributed by atoms with Crippen molar-refractivity contribution >= 4 is 39.8 Å². The quantitative estimate of drug-likeness (QED) is 0.278. The Morgan fingerprint density at radius 1 is 1.06 bits per heavy atom. The molecule has 31 heavy (non-hydrogen) atoms. The summed E-state index contributed by atoms with van der Waals surface area (Å²) in [5.41, 5.74) is 1.65. The normalized spacial score (nSPS) is 13.8. The minimum absolute atomic E-state index is 0.0820. The molecule has 4 rings (SSSR count). The standard InChI is InChI=1S/C24H20N4O3/c25-16-20(24(29)26-21-8-7-17-5-1-2-6-18(17)14-21)13-19-15-22(28(30)31)9-10-23(19)27-11-3-4-12-27/h1-2,5-10,13-15H,3-4,11-12H2,(H,26,29)/b20-13+. The van der Waals surface area contributed by atoms with Crippen LogP contribution in [0.5, 0.6) is 0 Å². The second kappa shape index (κ2) is 8.67. The van der Waals surface area contributed by atoms with E-state index in [-0.39, 0.29) is 11.3 Å². The smallest absolute Gasteiger partial charge is 0.270 e. The maximum atomic E-state index is 12.8. The third-order valence-corrected chi connectivity index (χ3v) is 5.34. The summed E-state index contributed by atoms with van der Waals surface area (Å²) in [4.78, 5) is 25.7. The number of hydrogen-bond acceptors (Lipinski definition) is 5. The van der Waals surface area contributed by atoms with Crippen molar-refractivity contribution in [3.05, 3.63) is 81.9 Å². The Bertz CT molecular complexity index is 1240. The molecule has 1 aliphatic rings. The van der Waals surface area contributed by atoms with Crippen LogP contribution in [-0.4, -0.2) is 23.9 Å². The average molecular weight is 412 g/mol. The maximum absolute atomic E-state index is 12.8. The predicted octanol–water partition coefficient (Wildman–Crippen LogP) is 4.89. The molecule has 0 radical (unpaired) electrons. The molecule has 3 aromatic carbocycles. The van der Waals surface area contributed by atoms with Crippen molar-refractivity contribution in [1.29, 1.82) is 5.26 Å². The largest absolute Gasteiger partial charge is 0.371 e. The number of non-ortho nitro benzene ring substituents is 1. The fourth-order valence-electron chi connectivity index (χ4n) is 3.79. The van der Waals surface area contributed by atoms with Gasteiger partial charge < -0.3 is 10.2 Å². The number of nitro benzene ring substituents is 1. The number of nitriles is 1. The van der Waals surface area contributed by atoms with Gasteiger partial charge in [0.15, 0.2) is 0 Å². The first-order chi connectivity index (χ1) is 15.0. The fraction of sp³-hybridized carbons (Fsp3) is 0.167. The van der Waals surface area contributed by atoms with Gasteiger partial charge in [-0.05, 0) is 47.9 Å². The van der Waals surface area contributed by atoms with E-state index in [1.165, 1.54) is 18.2 Å². The summed E-state index contributed by atoms with van der Waals surface area (Å²) < 4.78 is 0. The van der Waals surface area contributed by atoms with Gasteiger partial charge in [-0.3, -0.25) is 14.9 Å². The number of rotatable bonds is 5. The van der Waals surface area contributed by atoms with E-state index in [1.807, 2.05) is 42.5 Å². The molecule has 1 saturated heterocycles. The van der Waals surface area contributed by atoms with Gasteiger partial charge in [-0.1, -0.05) is 30.3 Å². The van der Waals surface area contributed by atoms with Gasteiger partial charge in [-0.15, -0.1) is 0 Å². The van der Waals surface area contributed by atoms with Crippen LogP contribution in [0.25, 0.3) is 16.8 Å². The molecule has 1 heterocycles. The van der Waals surface area contributed by atoms with Crippen molar-refractivity contribution in [2.24, 2.45) is 0 Å². The summed E-state index contributed by atoms with van der Waals surface area (Å²) in [5.74, 6) is -0.559. The number of carbonyl (C=O) groups excluding carboxylic acids is 1. The summed E-state index contributed by atoms with van der Waals surface area (Å²) in [5, 5.41) is 25.6. The second-order valence-electron chi connectivity index (χ2n) is 7.38. The van der Waals surface area contributed by atoms with E-state index >= 15 is 0 Å². The summed E-state index contributed by atoms with van der Waals surface area (Å²) in [6, 6.07) is 19.8. The van der Waals surface area contributed by atoms with E-state index in [1.54, 1.807) is 12.1 Å². The summed E-state index contributed by atoms with van der Waals surface area (Å²) in [7, 11) is 0. The number of nitro groups is 1. The summed E-state index contributed by atoms with van der Waals surface area (Å²) in [6.45, 7) is 1.67. The molecule has 0 atom stereocenters. The molecule has 7 heteroatoms. The summed E-state index contributed by atoms with van der Waals surface area (Å²) in [6.07, 6.45) is 3.50. The number of nitrogens with zero attached hydrogens (tertiary/aromatic N) is 3. The van der Waals surface area contributed by atoms with Gasteiger partial charge in [0.25, 0.3) is 11.6 Å². The second-order valence-corrected chi connectivity index (χ2v) is 7.38. The zero-order valence-electron chi connectivity index (χ0n) is 16.7. The van der Waals surface area contributed by atoms with Crippen LogP contribution in [0, 0.1) is 21.4 Å². The number of anilines is 2. The number of benzene rings is 3. The van der Waals surface area contributed by atoms with Crippen molar-refractivity contribution in [3.63, 3.8) is 0 Å². The lowest BCUT2D eigenvalue weighted by Crippen LogP contribution is -2.19. The first-order valence-corrected chi connectivity index (χ1v) is 10.0. The molecule has 154 valence electrons. The number of hydrogen-bond donors (Lipinski definition) is 1. The highest BCUT2D eigenvalue weighted by atomic mass is 16.6. The number of nitrogens with one attached hydrogen (secondary N) is 1. The Labute approximate surface area is 179 Å². The molecule has 1 amide bonds. The topological polar surface area (TPSA) is 99.3 Å². The Morgan fingerprint density at radius 3 is 2.52 bits per heavy atom. The maximum Gasteiger partial charge on any atom is 0.270 e. The van der Waals surface area contributed by atoms with Crippen LogP contribution >= 0.6 is 0 Å². The highest BCUT2D eigenvalue weighted by Gasteiger charge is 2.19. The van der Waals surface area contributed by atoms with Crippen molar-refractivity contribution in [2.45, 2.75) is 12.8 Å². The zero-order chi connectivity index (χ0) is 21.8. The van der Waals surface area contributed by atoms with Crippen LogP contribution in [-0.2, 0) is 4.79 Å².